The number of likely N-dealkylation sites (tertiary alicyclic amines) is 2. The summed E-state index contributed by atoms with van der Waals surface area (Å²) in [5.74, 6) is 0.925. The third-order valence-electron chi connectivity index (χ3n) is 4.76. The lowest BCUT2D eigenvalue weighted by molar-refractivity contribution is -0.129. The van der Waals surface area contributed by atoms with Crippen LogP contribution in [-0.4, -0.2) is 65.9 Å². The number of pyridine rings is 1. The van der Waals surface area contributed by atoms with Crippen LogP contribution in [0.5, 0.6) is 0 Å². The van der Waals surface area contributed by atoms with Gasteiger partial charge in [0.25, 0.3) is 0 Å². The van der Waals surface area contributed by atoms with Crippen LogP contribution in [0.2, 0.25) is 0 Å². The predicted octanol–water partition coefficient (Wildman–Crippen LogP) is 1.02. The molecule has 2 N–H and O–H groups in total. The van der Waals surface area contributed by atoms with Gasteiger partial charge in [-0.05, 0) is 37.8 Å². The number of carbonyl (C=O) groups is 2. The number of carbonyl (C=O) groups excluding carboxylic acids is 2. The molecule has 0 bridgehead atoms. The Kier molecular flexibility index (Phi) is 5.89. The molecular formula is C18H24N6O2. The van der Waals surface area contributed by atoms with E-state index in [0.717, 1.165) is 51.9 Å². The highest BCUT2D eigenvalue weighted by molar-refractivity contribution is 5.82. The maximum atomic E-state index is 12.2. The van der Waals surface area contributed by atoms with Gasteiger partial charge in [-0.15, -0.1) is 0 Å². The Morgan fingerprint density at radius 2 is 1.50 bits per heavy atom. The molecule has 3 rings (SSSR count). The van der Waals surface area contributed by atoms with Crippen LogP contribution in [0.25, 0.3) is 0 Å². The quantitative estimate of drug-likeness (QED) is 0.789. The number of rotatable bonds is 6. The Morgan fingerprint density at radius 1 is 0.962 bits per heavy atom. The Labute approximate surface area is 153 Å². The molecule has 26 heavy (non-hydrogen) atoms. The molecule has 8 heteroatoms. The van der Waals surface area contributed by atoms with Gasteiger partial charge in [0, 0.05) is 26.2 Å². The Balaban J connectivity index is 1.57. The molecule has 0 saturated carbocycles. The van der Waals surface area contributed by atoms with Gasteiger partial charge in [-0.3, -0.25) is 9.59 Å². The van der Waals surface area contributed by atoms with Crippen LogP contribution >= 0.6 is 0 Å². The zero-order valence-electron chi connectivity index (χ0n) is 14.8. The summed E-state index contributed by atoms with van der Waals surface area (Å²) < 4.78 is 0. The third-order valence-corrected chi connectivity index (χ3v) is 4.76. The molecule has 3 heterocycles. The van der Waals surface area contributed by atoms with E-state index in [2.05, 4.69) is 21.7 Å². The number of nitriles is 1. The normalized spacial score (nSPS) is 16.4. The number of anilines is 2. The Hall–Kier alpha value is -2.82. The third kappa shape index (κ3) is 4.42. The summed E-state index contributed by atoms with van der Waals surface area (Å²) in [6.07, 6.45) is 4.19. The van der Waals surface area contributed by atoms with Crippen molar-refractivity contribution in [3.05, 3.63) is 17.7 Å². The van der Waals surface area contributed by atoms with Crippen molar-refractivity contribution in [1.82, 2.24) is 14.8 Å². The SMILES string of the molecule is N#Cc1ccc(NCC(=O)N2CCCC2)nc1NCC(=O)N1CCCC1. The van der Waals surface area contributed by atoms with Gasteiger partial charge in [-0.25, -0.2) is 4.98 Å². The molecule has 1 aromatic rings. The fourth-order valence-corrected chi connectivity index (χ4v) is 3.26. The van der Waals surface area contributed by atoms with Crippen molar-refractivity contribution in [1.29, 1.82) is 5.26 Å². The highest BCUT2D eigenvalue weighted by atomic mass is 16.2. The number of hydrogen-bond acceptors (Lipinski definition) is 6. The van der Waals surface area contributed by atoms with Gasteiger partial charge < -0.3 is 20.4 Å². The van der Waals surface area contributed by atoms with E-state index >= 15 is 0 Å². The number of amides is 2. The smallest absolute Gasteiger partial charge is 0.241 e. The molecule has 8 nitrogen and oxygen atoms in total. The monoisotopic (exact) mass is 356 g/mol. The maximum Gasteiger partial charge on any atom is 0.241 e. The van der Waals surface area contributed by atoms with E-state index in [-0.39, 0.29) is 24.9 Å². The van der Waals surface area contributed by atoms with E-state index in [4.69, 9.17) is 0 Å². The second kappa shape index (κ2) is 8.52. The van der Waals surface area contributed by atoms with Crippen LogP contribution in [0.4, 0.5) is 11.6 Å². The lowest BCUT2D eigenvalue weighted by Crippen LogP contribution is -2.33. The standard InChI is InChI=1S/C18H24N6O2/c19-11-14-5-6-15(20-12-16(25)23-7-1-2-8-23)22-18(14)21-13-17(26)24-9-3-4-10-24/h5-6H,1-4,7-10,12-13H2,(H2,20,21,22). The maximum absolute atomic E-state index is 12.2. The van der Waals surface area contributed by atoms with Crippen LogP contribution in [0.1, 0.15) is 31.2 Å². The first kappa shape index (κ1) is 18.0. The zero-order chi connectivity index (χ0) is 18.4. The van der Waals surface area contributed by atoms with Crippen molar-refractivity contribution in [2.45, 2.75) is 25.7 Å². The highest BCUT2D eigenvalue weighted by Crippen LogP contribution is 2.16. The number of nitrogens with zero attached hydrogens (tertiary/aromatic N) is 4. The molecular weight excluding hydrogens is 332 g/mol. The number of nitrogens with one attached hydrogen (secondary N) is 2. The minimum Gasteiger partial charge on any atom is -0.361 e. The number of aromatic nitrogens is 1. The van der Waals surface area contributed by atoms with Crippen molar-refractivity contribution >= 4 is 23.5 Å². The van der Waals surface area contributed by atoms with E-state index in [9.17, 15) is 14.9 Å². The van der Waals surface area contributed by atoms with Crippen LogP contribution in [0.3, 0.4) is 0 Å². The van der Waals surface area contributed by atoms with Gasteiger partial charge in [-0.2, -0.15) is 5.26 Å². The van der Waals surface area contributed by atoms with Crippen molar-refractivity contribution < 1.29 is 9.59 Å². The first-order valence-electron chi connectivity index (χ1n) is 9.12. The zero-order valence-corrected chi connectivity index (χ0v) is 14.8. The van der Waals surface area contributed by atoms with Crippen molar-refractivity contribution in [3.8, 4) is 6.07 Å². The van der Waals surface area contributed by atoms with Crippen LogP contribution in [0, 0.1) is 11.3 Å². The molecule has 0 atom stereocenters. The van der Waals surface area contributed by atoms with Crippen LogP contribution in [-0.2, 0) is 9.59 Å². The molecule has 0 radical (unpaired) electrons. The van der Waals surface area contributed by atoms with Crippen molar-refractivity contribution in [2.24, 2.45) is 0 Å². The summed E-state index contributed by atoms with van der Waals surface area (Å²) in [6, 6.07) is 5.38. The molecule has 0 unspecified atom stereocenters. The second-order valence-electron chi connectivity index (χ2n) is 6.59. The summed E-state index contributed by atoms with van der Waals surface area (Å²) in [4.78, 5) is 32.3. The molecule has 0 spiro atoms. The molecule has 0 aromatic carbocycles. The minimum atomic E-state index is 0.00997. The molecule has 1 aromatic heterocycles. The van der Waals surface area contributed by atoms with E-state index in [1.165, 1.54) is 0 Å². The Bertz CT molecular complexity index is 702. The van der Waals surface area contributed by atoms with Gasteiger partial charge >= 0.3 is 0 Å². The van der Waals surface area contributed by atoms with Crippen molar-refractivity contribution in [3.63, 3.8) is 0 Å². The summed E-state index contributed by atoms with van der Waals surface area (Å²) >= 11 is 0. The average Bonchev–Trinajstić information content (AvgIpc) is 3.38. The Morgan fingerprint density at radius 3 is 2.04 bits per heavy atom. The van der Waals surface area contributed by atoms with Gasteiger partial charge in [0.2, 0.25) is 11.8 Å². The first-order valence-corrected chi connectivity index (χ1v) is 9.12. The first-order chi connectivity index (χ1) is 12.7. The van der Waals surface area contributed by atoms with Gasteiger partial charge in [0.15, 0.2) is 0 Å². The van der Waals surface area contributed by atoms with E-state index in [1.54, 1.807) is 12.1 Å². The van der Waals surface area contributed by atoms with Gasteiger partial charge in [0.05, 0.1) is 18.7 Å². The van der Waals surface area contributed by atoms with Gasteiger partial charge in [-0.1, -0.05) is 0 Å². The van der Waals surface area contributed by atoms with Crippen LogP contribution < -0.4 is 10.6 Å². The molecule has 2 fully saturated rings. The summed E-state index contributed by atoms with van der Waals surface area (Å²) in [7, 11) is 0. The van der Waals surface area contributed by atoms with E-state index < -0.39 is 0 Å². The molecule has 138 valence electrons. The molecule has 2 saturated heterocycles. The molecule has 2 aliphatic heterocycles. The largest absolute Gasteiger partial charge is 0.361 e. The summed E-state index contributed by atoms with van der Waals surface area (Å²) in [5.41, 5.74) is 0.371. The molecule has 0 aliphatic carbocycles. The predicted molar refractivity (Wildman–Crippen MR) is 97.6 cm³/mol. The lowest BCUT2D eigenvalue weighted by Gasteiger charge is -2.17. The number of hydrogen-bond donors (Lipinski definition) is 2. The molecule has 2 amide bonds. The average molecular weight is 356 g/mol. The topological polar surface area (TPSA) is 101 Å². The summed E-state index contributed by atoms with van der Waals surface area (Å²) in [5, 5.41) is 15.2. The van der Waals surface area contributed by atoms with Crippen molar-refractivity contribution in [2.75, 3.05) is 49.9 Å². The second-order valence-corrected chi connectivity index (χ2v) is 6.59. The van der Waals surface area contributed by atoms with Crippen LogP contribution in [0.15, 0.2) is 12.1 Å². The van der Waals surface area contributed by atoms with E-state index in [1.807, 2.05) is 9.80 Å². The van der Waals surface area contributed by atoms with E-state index in [0.29, 0.717) is 17.2 Å². The fourth-order valence-electron chi connectivity index (χ4n) is 3.26. The lowest BCUT2D eigenvalue weighted by atomic mass is 10.2. The van der Waals surface area contributed by atoms with Gasteiger partial charge in [0.1, 0.15) is 17.7 Å². The fraction of sp³-hybridized carbons (Fsp3) is 0.556. The minimum absolute atomic E-state index is 0.00997. The summed E-state index contributed by atoms with van der Waals surface area (Å²) in [6.45, 7) is 3.49. The molecule has 2 aliphatic rings. The highest BCUT2D eigenvalue weighted by Gasteiger charge is 2.19.